The quantitative estimate of drug-likeness (QED) is 0.432. The van der Waals surface area contributed by atoms with Crippen LogP contribution >= 0.6 is 24.4 Å². The maximum atomic E-state index is 4.40. The van der Waals surface area contributed by atoms with Gasteiger partial charge in [0.25, 0.3) is 0 Å². The first-order chi connectivity index (χ1) is 6.34. The molecule has 0 aromatic heterocycles. The number of thiol groups is 1. The Morgan fingerprint density at radius 3 is 2.69 bits per heavy atom. The molecule has 0 heterocycles. The second-order valence-corrected chi connectivity index (χ2v) is 4.64. The number of hydrogen-bond acceptors (Lipinski definition) is 2. The zero-order chi connectivity index (χ0) is 9.52. The Bertz CT molecular complexity index is 246. The summed E-state index contributed by atoms with van der Waals surface area (Å²) >= 11 is 6.31. The maximum Gasteiger partial charge on any atom is 0.0205 e. The first-order valence-corrected chi connectivity index (χ1v) is 6.18. The molecule has 0 saturated carbocycles. The Balaban J connectivity index is 2.32. The molecule has 0 N–H and O–H groups in total. The molecule has 13 heavy (non-hydrogen) atoms. The first kappa shape index (κ1) is 11.0. The highest BCUT2D eigenvalue weighted by Crippen LogP contribution is 2.25. The molecule has 1 rings (SSSR count). The third-order valence-electron chi connectivity index (χ3n) is 1.87. The molecule has 0 spiro atoms. The molecule has 0 nitrogen and oxygen atoms in total. The van der Waals surface area contributed by atoms with Gasteiger partial charge in [0.2, 0.25) is 0 Å². The Morgan fingerprint density at radius 1 is 1.23 bits per heavy atom. The monoisotopic (exact) mass is 212 g/mol. The van der Waals surface area contributed by atoms with Crippen LogP contribution in [0.15, 0.2) is 34.1 Å². The van der Waals surface area contributed by atoms with E-state index in [1.807, 2.05) is 23.9 Å². The fourth-order valence-corrected chi connectivity index (χ4v) is 2.43. The molecule has 1 aromatic rings. The third-order valence-corrected chi connectivity index (χ3v) is 3.57. The predicted molar refractivity (Wildman–Crippen MR) is 63.9 cm³/mol. The Labute approximate surface area is 90.5 Å². The number of benzene rings is 1. The molecule has 0 fully saturated rings. The van der Waals surface area contributed by atoms with Crippen molar-refractivity contribution < 1.29 is 0 Å². The van der Waals surface area contributed by atoms with Crippen LogP contribution in [-0.4, -0.2) is 5.75 Å². The zero-order valence-corrected chi connectivity index (χ0v) is 9.70. The molecular formula is C11H16S2. The maximum absolute atomic E-state index is 4.40. The zero-order valence-electron chi connectivity index (χ0n) is 7.99. The van der Waals surface area contributed by atoms with Gasteiger partial charge in [0.1, 0.15) is 0 Å². The van der Waals surface area contributed by atoms with Crippen molar-refractivity contribution in [2.24, 2.45) is 0 Å². The van der Waals surface area contributed by atoms with Crippen molar-refractivity contribution in [3.05, 3.63) is 24.3 Å². The Morgan fingerprint density at radius 2 is 2.00 bits per heavy atom. The molecule has 0 aliphatic rings. The third kappa shape index (κ3) is 4.10. The van der Waals surface area contributed by atoms with E-state index in [0.717, 1.165) is 4.90 Å². The first-order valence-electron chi connectivity index (χ1n) is 4.75. The smallest absolute Gasteiger partial charge is 0.0205 e. The molecule has 0 aliphatic carbocycles. The van der Waals surface area contributed by atoms with Crippen molar-refractivity contribution in [2.75, 3.05) is 5.75 Å². The van der Waals surface area contributed by atoms with Crippen molar-refractivity contribution in [1.29, 1.82) is 0 Å². The van der Waals surface area contributed by atoms with Crippen LogP contribution in [0.5, 0.6) is 0 Å². The lowest BCUT2D eigenvalue weighted by Gasteiger charge is -2.03. The minimum Gasteiger partial charge on any atom is -0.142 e. The number of thioether (sulfide) groups is 1. The molecule has 0 aliphatic heterocycles. The molecule has 72 valence electrons. The van der Waals surface area contributed by atoms with E-state index in [1.165, 1.54) is 29.9 Å². The van der Waals surface area contributed by atoms with Crippen molar-refractivity contribution in [3.8, 4) is 0 Å². The van der Waals surface area contributed by atoms with Crippen LogP contribution in [0.3, 0.4) is 0 Å². The highest BCUT2D eigenvalue weighted by atomic mass is 32.2. The average molecular weight is 212 g/mol. The SMILES string of the molecule is CCCCCSc1ccccc1S. The van der Waals surface area contributed by atoms with E-state index < -0.39 is 0 Å². The van der Waals surface area contributed by atoms with Crippen LogP contribution in [0.2, 0.25) is 0 Å². The van der Waals surface area contributed by atoms with Gasteiger partial charge in [-0.2, -0.15) is 0 Å². The average Bonchev–Trinajstić information content (AvgIpc) is 2.15. The van der Waals surface area contributed by atoms with E-state index in [0.29, 0.717) is 0 Å². The van der Waals surface area contributed by atoms with Crippen LogP contribution in [0.25, 0.3) is 0 Å². The lowest BCUT2D eigenvalue weighted by molar-refractivity contribution is 0.778. The molecule has 1 aromatic carbocycles. The van der Waals surface area contributed by atoms with Crippen LogP contribution < -0.4 is 0 Å². The van der Waals surface area contributed by atoms with E-state index in [2.05, 4.69) is 31.7 Å². The fourth-order valence-electron chi connectivity index (χ4n) is 1.11. The van der Waals surface area contributed by atoms with Crippen molar-refractivity contribution in [1.82, 2.24) is 0 Å². The van der Waals surface area contributed by atoms with Gasteiger partial charge in [0, 0.05) is 9.79 Å². The van der Waals surface area contributed by atoms with Crippen LogP contribution in [0.4, 0.5) is 0 Å². The van der Waals surface area contributed by atoms with E-state index in [-0.39, 0.29) is 0 Å². The van der Waals surface area contributed by atoms with E-state index in [1.54, 1.807) is 0 Å². The Kier molecular flexibility index (Phi) is 5.40. The highest BCUT2D eigenvalue weighted by molar-refractivity contribution is 7.99. The van der Waals surface area contributed by atoms with Gasteiger partial charge in [-0.25, -0.2) is 0 Å². The topological polar surface area (TPSA) is 0 Å². The lowest BCUT2D eigenvalue weighted by atomic mass is 10.3. The largest absolute Gasteiger partial charge is 0.142 e. The summed E-state index contributed by atoms with van der Waals surface area (Å²) in [7, 11) is 0. The van der Waals surface area contributed by atoms with Gasteiger partial charge in [-0.1, -0.05) is 31.9 Å². The van der Waals surface area contributed by atoms with Crippen LogP contribution in [-0.2, 0) is 0 Å². The van der Waals surface area contributed by atoms with Crippen molar-refractivity contribution in [3.63, 3.8) is 0 Å². The number of rotatable bonds is 5. The molecular weight excluding hydrogens is 196 g/mol. The standard InChI is InChI=1S/C11H16S2/c1-2-3-6-9-13-11-8-5-4-7-10(11)12/h4-5,7-8,12H,2-3,6,9H2,1H3. The number of unbranched alkanes of at least 4 members (excludes halogenated alkanes) is 2. The van der Waals surface area contributed by atoms with E-state index >= 15 is 0 Å². The second-order valence-electron chi connectivity index (χ2n) is 3.02. The van der Waals surface area contributed by atoms with Gasteiger partial charge >= 0.3 is 0 Å². The summed E-state index contributed by atoms with van der Waals surface area (Å²) < 4.78 is 0. The fraction of sp³-hybridized carbons (Fsp3) is 0.455. The van der Waals surface area contributed by atoms with Crippen molar-refractivity contribution in [2.45, 2.75) is 36.0 Å². The van der Waals surface area contributed by atoms with Crippen LogP contribution in [0, 0.1) is 0 Å². The van der Waals surface area contributed by atoms with Gasteiger partial charge < -0.3 is 0 Å². The molecule has 0 radical (unpaired) electrons. The Hall–Kier alpha value is -0.0800. The van der Waals surface area contributed by atoms with Gasteiger partial charge in [0.05, 0.1) is 0 Å². The van der Waals surface area contributed by atoms with E-state index in [9.17, 15) is 0 Å². The molecule has 0 unspecified atom stereocenters. The molecule has 2 heteroatoms. The highest BCUT2D eigenvalue weighted by Gasteiger charge is 1.97. The van der Waals surface area contributed by atoms with Gasteiger partial charge in [0.15, 0.2) is 0 Å². The molecule has 0 amide bonds. The summed E-state index contributed by atoms with van der Waals surface area (Å²) in [6.45, 7) is 2.23. The summed E-state index contributed by atoms with van der Waals surface area (Å²) in [6, 6.07) is 8.28. The summed E-state index contributed by atoms with van der Waals surface area (Å²) in [5.41, 5.74) is 0. The molecule has 0 atom stereocenters. The minimum atomic E-state index is 1.10. The lowest BCUT2D eigenvalue weighted by Crippen LogP contribution is -1.81. The van der Waals surface area contributed by atoms with Gasteiger partial charge in [-0.05, 0) is 24.3 Å². The summed E-state index contributed by atoms with van der Waals surface area (Å²) in [4.78, 5) is 2.41. The van der Waals surface area contributed by atoms with Gasteiger partial charge in [-0.3, -0.25) is 0 Å². The summed E-state index contributed by atoms with van der Waals surface area (Å²) in [5.74, 6) is 1.21. The second kappa shape index (κ2) is 6.39. The van der Waals surface area contributed by atoms with Gasteiger partial charge in [-0.15, -0.1) is 24.4 Å². The predicted octanol–water partition coefficient (Wildman–Crippen LogP) is 4.26. The minimum absolute atomic E-state index is 1.10. The normalized spacial score (nSPS) is 10.3. The van der Waals surface area contributed by atoms with Crippen LogP contribution in [0.1, 0.15) is 26.2 Å². The summed E-state index contributed by atoms with van der Waals surface area (Å²) in [5, 5.41) is 0. The molecule has 0 saturated heterocycles. The van der Waals surface area contributed by atoms with E-state index in [4.69, 9.17) is 0 Å². The summed E-state index contributed by atoms with van der Waals surface area (Å²) in [6.07, 6.45) is 3.94. The number of hydrogen-bond donors (Lipinski definition) is 1. The molecule has 0 bridgehead atoms. The van der Waals surface area contributed by atoms with Crippen molar-refractivity contribution >= 4 is 24.4 Å².